The van der Waals surface area contributed by atoms with Crippen LogP contribution in [0.15, 0.2) is 12.2 Å². The highest BCUT2D eigenvalue weighted by molar-refractivity contribution is 5.72. The monoisotopic (exact) mass is 837 g/mol. The van der Waals surface area contributed by atoms with Gasteiger partial charge in [0.2, 0.25) is 0 Å². The van der Waals surface area contributed by atoms with Gasteiger partial charge in [0, 0.05) is 19.3 Å². The number of likely N-dealkylation sites (N-methyl/N-ethyl adjacent to an activating group) is 1. The molecule has 0 radical (unpaired) electrons. The Morgan fingerprint density at radius 1 is 0.492 bits per heavy atom. The average Bonchev–Trinajstić information content (AvgIpc) is 3.19. The Kier molecular flexibility index (Phi) is 41.3. The first kappa shape index (κ1) is 57.1. The highest BCUT2D eigenvalue weighted by atomic mass is 16.6. The molecule has 0 aliphatic heterocycles. The molecule has 348 valence electrons. The smallest absolute Gasteiger partial charge is 0.362 e. The van der Waals surface area contributed by atoms with Crippen LogP contribution in [0.4, 0.5) is 0 Å². The van der Waals surface area contributed by atoms with Gasteiger partial charge in [-0.25, -0.2) is 4.79 Å². The summed E-state index contributed by atoms with van der Waals surface area (Å²) in [5.41, 5.74) is 0. The van der Waals surface area contributed by atoms with Crippen LogP contribution in [0.5, 0.6) is 0 Å². The summed E-state index contributed by atoms with van der Waals surface area (Å²) in [6.07, 6.45) is 46.8. The Morgan fingerprint density at radius 3 is 1.22 bits per heavy atom. The molecule has 0 bridgehead atoms. The number of allylic oxidation sites excluding steroid dienone is 2. The minimum Gasteiger partial charge on any atom is -0.477 e. The quantitative estimate of drug-likeness (QED) is 0.0282. The van der Waals surface area contributed by atoms with Crippen molar-refractivity contribution < 1.29 is 38.2 Å². The van der Waals surface area contributed by atoms with Crippen molar-refractivity contribution in [3.05, 3.63) is 12.2 Å². The van der Waals surface area contributed by atoms with Crippen molar-refractivity contribution in [2.45, 2.75) is 257 Å². The van der Waals surface area contributed by atoms with Gasteiger partial charge < -0.3 is 23.8 Å². The number of carbonyl (C=O) groups is 3. The van der Waals surface area contributed by atoms with E-state index in [4.69, 9.17) is 14.2 Å². The van der Waals surface area contributed by atoms with Gasteiger partial charge >= 0.3 is 17.9 Å². The van der Waals surface area contributed by atoms with E-state index < -0.39 is 18.1 Å². The lowest BCUT2D eigenvalue weighted by Gasteiger charge is -2.31. The number of hydrogen-bond acceptors (Lipinski definition) is 6. The third-order valence-electron chi connectivity index (χ3n) is 11.7. The second-order valence-corrected chi connectivity index (χ2v) is 18.4. The summed E-state index contributed by atoms with van der Waals surface area (Å²) in [6, 6.07) is -0.611. The number of carboxylic acids is 1. The molecule has 0 fully saturated rings. The lowest BCUT2D eigenvalue weighted by atomic mass is 10.0. The van der Waals surface area contributed by atoms with Crippen LogP contribution in [-0.2, 0) is 28.6 Å². The summed E-state index contributed by atoms with van der Waals surface area (Å²) in [5, 5.41) is 9.64. The van der Waals surface area contributed by atoms with Gasteiger partial charge in [0.15, 0.2) is 12.1 Å². The second-order valence-electron chi connectivity index (χ2n) is 18.4. The molecule has 0 aliphatic carbocycles. The molecule has 0 saturated heterocycles. The van der Waals surface area contributed by atoms with Crippen LogP contribution in [0.1, 0.15) is 245 Å². The first-order chi connectivity index (χ1) is 28.6. The summed E-state index contributed by atoms with van der Waals surface area (Å²) < 4.78 is 17.4. The molecule has 2 unspecified atom stereocenters. The fourth-order valence-corrected chi connectivity index (χ4v) is 7.74. The molecule has 0 spiro atoms. The Morgan fingerprint density at radius 2 is 0.847 bits per heavy atom. The Labute approximate surface area is 365 Å². The fraction of sp³-hybridized carbons (Fsp3) is 0.902. The van der Waals surface area contributed by atoms with Crippen LogP contribution < -0.4 is 0 Å². The summed E-state index contributed by atoms with van der Waals surface area (Å²) >= 11 is 0. The average molecular weight is 837 g/mol. The highest BCUT2D eigenvalue weighted by Gasteiger charge is 2.31. The Balaban J connectivity index is 4.24. The zero-order chi connectivity index (χ0) is 43.5. The highest BCUT2D eigenvalue weighted by Crippen LogP contribution is 2.16. The van der Waals surface area contributed by atoms with E-state index in [2.05, 4.69) is 26.0 Å². The zero-order valence-electron chi connectivity index (χ0n) is 39.7. The van der Waals surface area contributed by atoms with E-state index in [0.717, 1.165) is 38.5 Å². The number of carbonyl (C=O) groups excluding carboxylic acids is 2. The van der Waals surface area contributed by atoms with E-state index in [1.54, 1.807) is 0 Å². The van der Waals surface area contributed by atoms with Gasteiger partial charge in [0.25, 0.3) is 0 Å². The van der Waals surface area contributed by atoms with Crippen molar-refractivity contribution >= 4 is 17.9 Å². The number of ether oxygens (including phenoxy) is 3. The molecule has 0 aliphatic rings. The van der Waals surface area contributed by atoms with Gasteiger partial charge in [-0.1, -0.05) is 199 Å². The van der Waals surface area contributed by atoms with Gasteiger partial charge in [-0.15, -0.1) is 0 Å². The second kappa shape index (κ2) is 42.7. The van der Waals surface area contributed by atoms with Crippen molar-refractivity contribution in [3.8, 4) is 0 Å². The molecule has 0 amide bonds. The molecule has 8 heteroatoms. The van der Waals surface area contributed by atoms with E-state index >= 15 is 0 Å². The predicted octanol–water partition coefficient (Wildman–Crippen LogP) is 14.3. The van der Waals surface area contributed by atoms with E-state index in [0.29, 0.717) is 19.3 Å². The first-order valence-electron chi connectivity index (χ1n) is 25.2. The number of aliphatic carboxylic acids is 1. The van der Waals surface area contributed by atoms with Crippen LogP contribution in [0.2, 0.25) is 0 Å². The normalized spacial score (nSPS) is 12.9. The molecule has 0 aromatic rings. The zero-order valence-corrected chi connectivity index (χ0v) is 39.7. The maximum Gasteiger partial charge on any atom is 0.362 e. The van der Waals surface area contributed by atoms with E-state index in [-0.39, 0.29) is 36.2 Å². The molecule has 59 heavy (non-hydrogen) atoms. The summed E-state index contributed by atoms with van der Waals surface area (Å²) in [5.74, 6) is -1.45. The molecule has 0 aromatic heterocycles. The number of unbranched alkanes of at least 4 members (excludes halogenated alkanes) is 30. The largest absolute Gasteiger partial charge is 0.477 e. The minimum atomic E-state index is -0.871. The number of quaternary nitrogens is 1. The maximum absolute atomic E-state index is 12.8. The van der Waals surface area contributed by atoms with Crippen LogP contribution in [0, 0.1) is 0 Å². The molecule has 0 heterocycles. The molecule has 0 rings (SSSR count). The predicted molar refractivity (Wildman–Crippen MR) is 248 cm³/mol. The lowest BCUT2D eigenvalue weighted by molar-refractivity contribution is -0.887. The molecule has 0 aromatic carbocycles. The Bertz CT molecular complexity index is 978. The first-order valence-corrected chi connectivity index (χ1v) is 25.2. The third kappa shape index (κ3) is 41.2. The maximum atomic E-state index is 12.8. The number of rotatable bonds is 46. The topological polar surface area (TPSA) is 99.1 Å². The molecule has 8 nitrogen and oxygen atoms in total. The third-order valence-corrected chi connectivity index (χ3v) is 11.7. The summed E-state index contributed by atoms with van der Waals surface area (Å²) in [4.78, 5) is 37.1. The van der Waals surface area contributed by atoms with Gasteiger partial charge in [0.05, 0.1) is 34.4 Å². The van der Waals surface area contributed by atoms with Crippen molar-refractivity contribution in [1.29, 1.82) is 0 Å². The van der Waals surface area contributed by atoms with Gasteiger partial charge in [0.1, 0.15) is 6.61 Å². The van der Waals surface area contributed by atoms with Crippen molar-refractivity contribution in [2.75, 3.05) is 41.0 Å². The van der Waals surface area contributed by atoms with Gasteiger partial charge in [-0.05, 0) is 38.5 Å². The van der Waals surface area contributed by atoms with Crippen LogP contribution in [-0.4, -0.2) is 80.6 Å². The SMILES string of the molecule is CCCCCCCCCC/C=C/CCCCCCCCCC(=O)OC(COCCC(C(=O)O)[N+](C)(C)C)COC(=O)CCCCCCCCCCCCCCCCCC. The van der Waals surface area contributed by atoms with Crippen molar-refractivity contribution in [1.82, 2.24) is 0 Å². The number of carboxylic acid groups (broad SMARTS) is 1. The van der Waals surface area contributed by atoms with E-state index in [9.17, 15) is 19.5 Å². The van der Waals surface area contributed by atoms with Gasteiger partial charge in [-0.3, -0.25) is 9.59 Å². The number of esters is 2. The van der Waals surface area contributed by atoms with Crippen molar-refractivity contribution in [2.24, 2.45) is 0 Å². The van der Waals surface area contributed by atoms with Crippen LogP contribution >= 0.6 is 0 Å². The molecular formula is C51H98NO7+. The standard InChI is InChI=1S/C51H97NO7/c1-6-8-10-12-14-16-18-20-22-24-25-26-28-30-32-34-36-38-40-42-50(54)59-47(45-57-44-43-48(51(55)56)52(3,4)5)46-58-49(53)41-39-37-35-33-31-29-27-23-21-19-17-15-13-11-9-7-2/h24-25,47-48H,6-23,26-46H2,1-5H3/p+1/b25-24+. The van der Waals surface area contributed by atoms with Crippen molar-refractivity contribution in [3.63, 3.8) is 0 Å². The van der Waals surface area contributed by atoms with E-state index in [1.165, 1.54) is 173 Å². The lowest BCUT2D eigenvalue weighted by Crippen LogP contribution is -2.50. The molecule has 1 N–H and O–H groups in total. The molecule has 0 saturated carbocycles. The Hall–Kier alpha value is -1.93. The molecule has 2 atom stereocenters. The van der Waals surface area contributed by atoms with Crippen LogP contribution in [0.25, 0.3) is 0 Å². The summed E-state index contributed by atoms with van der Waals surface area (Å²) in [6.45, 7) is 4.78. The minimum absolute atomic E-state index is 0.0461. The van der Waals surface area contributed by atoms with Gasteiger partial charge in [-0.2, -0.15) is 0 Å². The van der Waals surface area contributed by atoms with E-state index in [1.807, 2.05) is 21.1 Å². The van der Waals surface area contributed by atoms with Crippen LogP contribution in [0.3, 0.4) is 0 Å². The number of nitrogens with zero attached hydrogens (tertiary/aromatic N) is 1. The molecular weight excluding hydrogens is 739 g/mol. The fourth-order valence-electron chi connectivity index (χ4n) is 7.74. The summed E-state index contributed by atoms with van der Waals surface area (Å²) in [7, 11) is 5.54. The number of hydrogen-bond donors (Lipinski definition) is 1.